The van der Waals surface area contributed by atoms with E-state index in [2.05, 4.69) is 27.2 Å². The molecular formula is C24H29ClN4O2. The van der Waals surface area contributed by atoms with Crippen LogP contribution in [0.25, 0.3) is 0 Å². The standard InChI is InChI=1S/C24H29ClN4O2/c25-20-6-4-19(5-7-20)24(31)29-16-14-27(15-17-29)18-23(30)26-21-8-10-22(11-9-21)28-12-2-1-3-13-28/h4-11H,1-3,12-18H2,(H,26,30). The van der Waals surface area contributed by atoms with Crippen molar-refractivity contribution < 1.29 is 9.59 Å². The van der Waals surface area contributed by atoms with Crippen molar-refractivity contribution >= 4 is 34.8 Å². The summed E-state index contributed by atoms with van der Waals surface area (Å²) in [6.07, 6.45) is 3.81. The molecule has 0 radical (unpaired) electrons. The molecule has 164 valence electrons. The van der Waals surface area contributed by atoms with Gasteiger partial charge < -0.3 is 15.1 Å². The predicted octanol–water partition coefficient (Wildman–Crippen LogP) is 3.73. The highest BCUT2D eigenvalue weighted by molar-refractivity contribution is 6.30. The number of nitrogens with zero attached hydrogens (tertiary/aromatic N) is 3. The van der Waals surface area contributed by atoms with Crippen LogP contribution in [0.4, 0.5) is 11.4 Å². The van der Waals surface area contributed by atoms with Crippen molar-refractivity contribution in [2.24, 2.45) is 0 Å². The lowest BCUT2D eigenvalue weighted by atomic mass is 10.1. The Morgan fingerprint density at radius 2 is 1.45 bits per heavy atom. The van der Waals surface area contributed by atoms with Gasteiger partial charge in [0.05, 0.1) is 6.54 Å². The lowest BCUT2D eigenvalue weighted by Gasteiger charge is -2.34. The van der Waals surface area contributed by atoms with Crippen LogP contribution in [0.3, 0.4) is 0 Å². The van der Waals surface area contributed by atoms with Crippen LogP contribution < -0.4 is 10.2 Å². The summed E-state index contributed by atoms with van der Waals surface area (Å²) in [5.74, 6) is -0.0160. The largest absolute Gasteiger partial charge is 0.372 e. The summed E-state index contributed by atoms with van der Waals surface area (Å²) < 4.78 is 0. The van der Waals surface area contributed by atoms with Gasteiger partial charge >= 0.3 is 0 Å². The molecule has 2 fully saturated rings. The molecule has 1 N–H and O–H groups in total. The number of benzene rings is 2. The Balaban J connectivity index is 1.22. The van der Waals surface area contributed by atoms with Crippen molar-refractivity contribution in [3.8, 4) is 0 Å². The molecule has 0 aromatic heterocycles. The van der Waals surface area contributed by atoms with Crippen LogP contribution in [-0.4, -0.2) is 67.4 Å². The third-order valence-electron chi connectivity index (χ3n) is 5.99. The zero-order chi connectivity index (χ0) is 21.6. The first-order valence-electron chi connectivity index (χ1n) is 11.0. The van der Waals surface area contributed by atoms with Gasteiger partial charge in [0.1, 0.15) is 0 Å². The van der Waals surface area contributed by atoms with E-state index in [-0.39, 0.29) is 11.8 Å². The molecule has 0 atom stereocenters. The van der Waals surface area contributed by atoms with E-state index in [1.54, 1.807) is 24.3 Å². The highest BCUT2D eigenvalue weighted by Gasteiger charge is 2.23. The zero-order valence-corrected chi connectivity index (χ0v) is 18.5. The maximum absolute atomic E-state index is 12.6. The van der Waals surface area contributed by atoms with Gasteiger partial charge in [-0.25, -0.2) is 0 Å². The monoisotopic (exact) mass is 440 g/mol. The molecule has 2 saturated heterocycles. The number of halogens is 1. The second kappa shape index (κ2) is 10.2. The topological polar surface area (TPSA) is 55.9 Å². The molecule has 0 bridgehead atoms. The molecule has 31 heavy (non-hydrogen) atoms. The van der Waals surface area contributed by atoms with Crippen molar-refractivity contribution in [2.45, 2.75) is 19.3 Å². The Bertz CT molecular complexity index is 887. The molecule has 2 aromatic carbocycles. The van der Waals surface area contributed by atoms with Crippen molar-refractivity contribution in [1.82, 2.24) is 9.80 Å². The highest BCUT2D eigenvalue weighted by Crippen LogP contribution is 2.22. The minimum Gasteiger partial charge on any atom is -0.372 e. The van der Waals surface area contributed by atoms with E-state index in [0.717, 1.165) is 18.8 Å². The number of piperazine rings is 1. The number of carbonyl (C=O) groups is 2. The summed E-state index contributed by atoms with van der Waals surface area (Å²) in [6, 6.07) is 15.1. The van der Waals surface area contributed by atoms with Gasteiger partial charge in [0.2, 0.25) is 5.91 Å². The van der Waals surface area contributed by atoms with E-state index in [1.165, 1.54) is 24.9 Å². The van der Waals surface area contributed by atoms with E-state index in [1.807, 2.05) is 17.0 Å². The third-order valence-corrected chi connectivity index (χ3v) is 6.24. The zero-order valence-electron chi connectivity index (χ0n) is 17.7. The second-order valence-electron chi connectivity index (χ2n) is 8.22. The first-order chi connectivity index (χ1) is 15.1. The van der Waals surface area contributed by atoms with Crippen LogP contribution in [-0.2, 0) is 4.79 Å². The van der Waals surface area contributed by atoms with Crippen molar-refractivity contribution in [1.29, 1.82) is 0 Å². The minimum atomic E-state index is -0.0248. The predicted molar refractivity (Wildman–Crippen MR) is 125 cm³/mol. The van der Waals surface area contributed by atoms with Crippen LogP contribution in [0, 0.1) is 0 Å². The molecule has 2 aromatic rings. The molecule has 0 aliphatic carbocycles. The number of amides is 2. The van der Waals surface area contributed by atoms with Gasteiger partial charge in [0.15, 0.2) is 0 Å². The average Bonchev–Trinajstić information content (AvgIpc) is 2.81. The van der Waals surface area contributed by atoms with Gasteiger partial charge in [-0.1, -0.05) is 11.6 Å². The minimum absolute atomic E-state index is 0.00886. The molecule has 0 spiro atoms. The van der Waals surface area contributed by atoms with Gasteiger partial charge in [-0.2, -0.15) is 0 Å². The molecule has 2 heterocycles. The number of hydrogen-bond donors (Lipinski definition) is 1. The molecule has 2 aliphatic rings. The summed E-state index contributed by atoms with van der Waals surface area (Å²) in [5.41, 5.74) is 2.69. The van der Waals surface area contributed by atoms with E-state index in [4.69, 9.17) is 11.6 Å². The second-order valence-corrected chi connectivity index (χ2v) is 8.65. The van der Waals surface area contributed by atoms with Gasteiger partial charge in [0, 0.05) is 61.2 Å². The van der Waals surface area contributed by atoms with Crippen molar-refractivity contribution in [3.63, 3.8) is 0 Å². The van der Waals surface area contributed by atoms with Crippen LogP contribution in [0.2, 0.25) is 5.02 Å². The number of rotatable bonds is 5. The molecule has 4 rings (SSSR count). The lowest BCUT2D eigenvalue weighted by Crippen LogP contribution is -2.50. The van der Waals surface area contributed by atoms with Gasteiger partial charge in [-0.05, 0) is 67.8 Å². The smallest absolute Gasteiger partial charge is 0.253 e. The maximum Gasteiger partial charge on any atom is 0.253 e. The first kappa shape index (κ1) is 21.7. The quantitative estimate of drug-likeness (QED) is 0.769. The Morgan fingerprint density at radius 1 is 0.806 bits per heavy atom. The van der Waals surface area contributed by atoms with Crippen LogP contribution in [0.1, 0.15) is 29.6 Å². The van der Waals surface area contributed by atoms with E-state index >= 15 is 0 Å². The van der Waals surface area contributed by atoms with Crippen LogP contribution in [0.5, 0.6) is 0 Å². The van der Waals surface area contributed by atoms with Crippen LogP contribution in [0.15, 0.2) is 48.5 Å². The number of anilines is 2. The van der Waals surface area contributed by atoms with E-state index in [0.29, 0.717) is 43.3 Å². The molecule has 6 nitrogen and oxygen atoms in total. The average molecular weight is 441 g/mol. The van der Waals surface area contributed by atoms with E-state index < -0.39 is 0 Å². The lowest BCUT2D eigenvalue weighted by molar-refractivity contribution is -0.117. The van der Waals surface area contributed by atoms with Gasteiger partial charge in [0.25, 0.3) is 5.91 Å². The summed E-state index contributed by atoms with van der Waals surface area (Å²) in [5, 5.41) is 3.61. The fourth-order valence-electron chi connectivity index (χ4n) is 4.20. The molecule has 0 saturated carbocycles. The van der Waals surface area contributed by atoms with Crippen LogP contribution >= 0.6 is 11.6 Å². The van der Waals surface area contributed by atoms with Gasteiger partial charge in [-0.15, -0.1) is 0 Å². The van der Waals surface area contributed by atoms with Crippen molar-refractivity contribution in [2.75, 3.05) is 56.0 Å². The Labute approximate surface area is 188 Å². The molecular weight excluding hydrogens is 412 g/mol. The number of carbonyl (C=O) groups excluding carboxylic acids is 2. The molecule has 0 unspecified atom stereocenters. The maximum atomic E-state index is 12.6. The Morgan fingerprint density at radius 3 is 2.10 bits per heavy atom. The Kier molecular flexibility index (Phi) is 7.10. The van der Waals surface area contributed by atoms with Gasteiger partial charge in [-0.3, -0.25) is 14.5 Å². The molecule has 2 aliphatic heterocycles. The number of piperidine rings is 1. The Hall–Kier alpha value is -2.57. The number of hydrogen-bond acceptors (Lipinski definition) is 4. The summed E-state index contributed by atoms with van der Waals surface area (Å²) in [6.45, 7) is 5.13. The normalized spacial score (nSPS) is 17.5. The summed E-state index contributed by atoms with van der Waals surface area (Å²) in [4.78, 5) is 31.4. The number of nitrogens with one attached hydrogen (secondary N) is 1. The van der Waals surface area contributed by atoms with E-state index in [9.17, 15) is 9.59 Å². The fraction of sp³-hybridized carbons (Fsp3) is 0.417. The molecule has 7 heteroatoms. The molecule has 2 amide bonds. The fourth-order valence-corrected chi connectivity index (χ4v) is 4.32. The highest BCUT2D eigenvalue weighted by atomic mass is 35.5. The summed E-state index contributed by atoms with van der Waals surface area (Å²) in [7, 11) is 0. The van der Waals surface area contributed by atoms with Crippen molar-refractivity contribution in [3.05, 3.63) is 59.1 Å². The summed E-state index contributed by atoms with van der Waals surface area (Å²) >= 11 is 5.90. The first-order valence-corrected chi connectivity index (χ1v) is 11.4. The SMILES string of the molecule is O=C(CN1CCN(C(=O)c2ccc(Cl)cc2)CC1)Nc1ccc(N2CCCCC2)cc1. The third kappa shape index (κ3) is 5.77.